The minimum absolute atomic E-state index is 0.0894. The molecule has 1 heterocycles. The van der Waals surface area contributed by atoms with Gasteiger partial charge in [0.15, 0.2) is 0 Å². The molecule has 1 rings (SSSR count). The smallest absolute Gasteiger partial charge is 0.0565 e. The molecule has 54 valence electrons. The summed E-state index contributed by atoms with van der Waals surface area (Å²) in [5, 5.41) is 14.4. The van der Waals surface area contributed by atoms with Gasteiger partial charge in [0, 0.05) is 25.2 Å². The maximum atomic E-state index is 9.05. The molecule has 0 aromatic heterocycles. The van der Waals surface area contributed by atoms with Crippen LogP contribution in [0.25, 0.3) is 0 Å². The topological polar surface area (TPSA) is 49.5 Å². The molecule has 3 nitrogen and oxygen atoms in total. The van der Waals surface area contributed by atoms with Crippen LogP contribution in [0.1, 0.15) is 12.8 Å². The van der Waals surface area contributed by atoms with Gasteiger partial charge in [-0.15, -0.1) is 0 Å². The van der Waals surface area contributed by atoms with Gasteiger partial charge < -0.3 is 5.11 Å². The van der Waals surface area contributed by atoms with E-state index in [2.05, 4.69) is 4.31 Å². The van der Waals surface area contributed by atoms with Crippen LogP contribution in [-0.2, 0) is 0 Å². The van der Waals surface area contributed by atoms with Crippen LogP contribution >= 0.6 is 12.1 Å². The van der Waals surface area contributed by atoms with Crippen molar-refractivity contribution in [3.63, 3.8) is 0 Å². The van der Waals surface area contributed by atoms with E-state index in [0.717, 1.165) is 25.9 Å². The number of aliphatic hydroxyl groups is 1. The Morgan fingerprint density at radius 1 is 1.44 bits per heavy atom. The molecule has 4 heteroatoms. The third kappa shape index (κ3) is 2.14. The molecule has 0 radical (unpaired) electrons. The highest BCUT2D eigenvalue weighted by atomic mass is 32.2. The van der Waals surface area contributed by atoms with Gasteiger partial charge >= 0.3 is 0 Å². The van der Waals surface area contributed by atoms with Gasteiger partial charge in [0.25, 0.3) is 0 Å². The van der Waals surface area contributed by atoms with E-state index in [-0.39, 0.29) is 6.10 Å². The van der Waals surface area contributed by atoms with Crippen LogP contribution in [0.3, 0.4) is 0 Å². The largest absolute Gasteiger partial charge is 0.393 e. The number of aliphatic hydroxyl groups excluding tert-OH is 1. The van der Waals surface area contributed by atoms with E-state index in [4.69, 9.17) is 10.2 Å². The van der Waals surface area contributed by atoms with E-state index in [9.17, 15) is 0 Å². The highest BCUT2D eigenvalue weighted by molar-refractivity contribution is 7.94. The normalized spacial score (nSPS) is 24.7. The molecule has 0 saturated carbocycles. The third-order valence-electron chi connectivity index (χ3n) is 1.57. The summed E-state index contributed by atoms with van der Waals surface area (Å²) in [5.41, 5.74) is 0. The SMILES string of the molecule is NSN1CCC(O)CC1. The molecular formula is C5H12N2OS. The Labute approximate surface area is 59.5 Å². The van der Waals surface area contributed by atoms with Gasteiger partial charge in [0.2, 0.25) is 0 Å². The monoisotopic (exact) mass is 148 g/mol. The first-order valence-electron chi connectivity index (χ1n) is 3.13. The fourth-order valence-electron chi connectivity index (χ4n) is 0.948. The maximum Gasteiger partial charge on any atom is 0.0565 e. The van der Waals surface area contributed by atoms with E-state index < -0.39 is 0 Å². The number of piperidine rings is 1. The number of hydrogen-bond acceptors (Lipinski definition) is 4. The molecule has 1 saturated heterocycles. The summed E-state index contributed by atoms with van der Waals surface area (Å²) in [6.07, 6.45) is 1.64. The minimum Gasteiger partial charge on any atom is -0.393 e. The van der Waals surface area contributed by atoms with Crippen LogP contribution in [0.5, 0.6) is 0 Å². The lowest BCUT2D eigenvalue weighted by atomic mass is 10.1. The van der Waals surface area contributed by atoms with Crippen molar-refractivity contribution in [2.75, 3.05) is 13.1 Å². The quantitative estimate of drug-likeness (QED) is 0.512. The number of nitrogens with zero attached hydrogens (tertiary/aromatic N) is 1. The predicted molar refractivity (Wildman–Crippen MR) is 38.6 cm³/mol. The summed E-state index contributed by atoms with van der Waals surface area (Å²) in [5.74, 6) is 0. The summed E-state index contributed by atoms with van der Waals surface area (Å²) in [6.45, 7) is 1.84. The molecule has 0 atom stereocenters. The van der Waals surface area contributed by atoms with Gasteiger partial charge in [0.1, 0.15) is 0 Å². The van der Waals surface area contributed by atoms with Gasteiger partial charge in [-0.1, -0.05) is 0 Å². The molecule has 0 bridgehead atoms. The van der Waals surface area contributed by atoms with Gasteiger partial charge in [0.05, 0.1) is 6.10 Å². The Morgan fingerprint density at radius 3 is 2.44 bits per heavy atom. The highest BCUT2D eigenvalue weighted by Crippen LogP contribution is 2.13. The molecule has 9 heavy (non-hydrogen) atoms. The Kier molecular flexibility index (Phi) is 2.78. The van der Waals surface area contributed by atoms with Gasteiger partial charge in [-0.2, -0.15) is 0 Å². The molecule has 0 amide bonds. The Balaban J connectivity index is 2.18. The third-order valence-corrected chi connectivity index (χ3v) is 2.24. The first-order valence-corrected chi connectivity index (χ1v) is 3.96. The molecule has 1 fully saturated rings. The molecule has 0 unspecified atom stereocenters. The number of hydrogen-bond donors (Lipinski definition) is 2. The van der Waals surface area contributed by atoms with Crippen molar-refractivity contribution in [1.29, 1.82) is 0 Å². The van der Waals surface area contributed by atoms with E-state index in [0.29, 0.717) is 0 Å². The molecule has 1 aliphatic heterocycles. The van der Waals surface area contributed by atoms with Gasteiger partial charge in [-0.25, -0.2) is 4.31 Å². The molecule has 0 aliphatic carbocycles. The van der Waals surface area contributed by atoms with Crippen molar-refractivity contribution in [3.05, 3.63) is 0 Å². The van der Waals surface area contributed by atoms with E-state index in [1.54, 1.807) is 0 Å². The van der Waals surface area contributed by atoms with Crippen molar-refractivity contribution in [2.24, 2.45) is 5.14 Å². The van der Waals surface area contributed by atoms with Crippen LogP contribution in [0.4, 0.5) is 0 Å². The fraction of sp³-hybridized carbons (Fsp3) is 1.00. The molecule has 3 N–H and O–H groups in total. The van der Waals surface area contributed by atoms with Crippen molar-refractivity contribution in [2.45, 2.75) is 18.9 Å². The fourth-order valence-corrected chi connectivity index (χ4v) is 1.37. The van der Waals surface area contributed by atoms with Crippen LogP contribution in [0.2, 0.25) is 0 Å². The lowest BCUT2D eigenvalue weighted by Crippen LogP contribution is -2.32. The molecule has 1 aliphatic rings. The lowest BCUT2D eigenvalue weighted by Gasteiger charge is -2.26. The Hall–Kier alpha value is 0.230. The lowest BCUT2D eigenvalue weighted by molar-refractivity contribution is 0.116. The van der Waals surface area contributed by atoms with Crippen LogP contribution in [0, 0.1) is 0 Å². The van der Waals surface area contributed by atoms with E-state index >= 15 is 0 Å². The van der Waals surface area contributed by atoms with Crippen molar-refractivity contribution >= 4 is 12.1 Å². The maximum absolute atomic E-state index is 9.05. The number of nitrogens with two attached hydrogens (primary N) is 1. The zero-order valence-corrected chi connectivity index (χ0v) is 6.10. The second-order valence-corrected chi connectivity index (χ2v) is 2.99. The highest BCUT2D eigenvalue weighted by Gasteiger charge is 2.15. The van der Waals surface area contributed by atoms with Crippen molar-refractivity contribution in [1.82, 2.24) is 4.31 Å². The summed E-state index contributed by atoms with van der Waals surface area (Å²) in [4.78, 5) is 0. The van der Waals surface area contributed by atoms with Crippen molar-refractivity contribution in [3.8, 4) is 0 Å². The zero-order valence-electron chi connectivity index (χ0n) is 5.29. The molecule has 0 aromatic rings. The van der Waals surface area contributed by atoms with Crippen molar-refractivity contribution < 1.29 is 5.11 Å². The molecule has 0 aromatic carbocycles. The first kappa shape index (κ1) is 7.34. The van der Waals surface area contributed by atoms with E-state index in [1.807, 2.05) is 0 Å². The second kappa shape index (κ2) is 3.41. The van der Waals surface area contributed by atoms with Crippen LogP contribution in [-0.4, -0.2) is 28.6 Å². The second-order valence-electron chi connectivity index (χ2n) is 2.27. The zero-order chi connectivity index (χ0) is 6.69. The van der Waals surface area contributed by atoms with Gasteiger partial charge in [-0.3, -0.25) is 5.14 Å². The first-order chi connectivity index (χ1) is 4.33. The summed E-state index contributed by atoms with van der Waals surface area (Å²) >= 11 is 1.27. The standard InChI is InChI=1S/C5H12N2OS/c6-9-7-3-1-5(8)2-4-7/h5,8H,1-4,6H2. The van der Waals surface area contributed by atoms with Crippen LogP contribution in [0.15, 0.2) is 0 Å². The Bertz CT molecular complexity index is 83.0. The van der Waals surface area contributed by atoms with E-state index in [1.165, 1.54) is 12.1 Å². The molecule has 0 spiro atoms. The minimum atomic E-state index is -0.0894. The van der Waals surface area contributed by atoms with Gasteiger partial charge in [-0.05, 0) is 12.8 Å². The van der Waals surface area contributed by atoms with Crippen LogP contribution < -0.4 is 5.14 Å². The molecular weight excluding hydrogens is 136 g/mol. The summed E-state index contributed by atoms with van der Waals surface area (Å²) in [6, 6.07) is 0. The predicted octanol–water partition coefficient (Wildman–Crippen LogP) is -0.0350. The number of rotatable bonds is 1. The Morgan fingerprint density at radius 2 is 2.00 bits per heavy atom. The average molecular weight is 148 g/mol. The summed E-state index contributed by atoms with van der Waals surface area (Å²) in [7, 11) is 0. The average Bonchev–Trinajstić information content (AvgIpc) is 1.90. The summed E-state index contributed by atoms with van der Waals surface area (Å²) < 4.78 is 2.06.